The van der Waals surface area contributed by atoms with Gasteiger partial charge in [0.1, 0.15) is 16.0 Å². The minimum atomic E-state index is -1.18. The predicted molar refractivity (Wildman–Crippen MR) is 134 cm³/mol. The number of morpholine rings is 1. The second-order valence-electron chi connectivity index (χ2n) is 7.56. The van der Waals surface area contributed by atoms with Crippen molar-refractivity contribution in [3.05, 3.63) is 63.4 Å². The average molecular weight is 532 g/mol. The van der Waals surface area contributed by atoms with Crippen LogP contribution in [0, 0.1) is 0 Å². The highest BCUT2D eigenvalue weighted by atomic mass is 79.9. The number of carbonyl (C=O) groups excluding carboxylic acids is 1. The van der Waals surface area contributed by atoms with E-state index in [0.29, 0.717) is 11.5 Å². The summed E-state index contributed by atoms with van der Waals surface area (Å²) in [5.41, 5.74) is 1.65. The fraction of sp³-hybridized carbons (Fsp3) is 0.320. The Morgan fingerprint density at radius 3 is 2.18 bits per heavy atom. The highest BCUT2D eigenvalue weighted by Gasteiger charge is 2.36. The van der Waals surface area contributed by atoms with Gasteiger partial charge in [0, 0.05) is 35.6 Å². The second kappa shape index (κ2) is 10.3. The number of nitrogens with zero attached hydrogens (tertiary/aromatic N) is 1. The molecule has 0 radical (unpaired) electrons. The van der Waals surface area contributed by atoms with Gasteiger partial charge in [0.05, 0.1) is 27.4 Å². The summed E-state index contributed by atoms with van der Waals surface area (Å²) in [5, 5.41) is 0. The number of halogens is 1. The number of anilines is 1. The Kier molecular flexibility index (Phi) is 7.38. The van der Waals surface area contributed by atoms with E-state index in [0.717, 1.165) is 63.6 Å². The monoisotopic (exact) mass is 531 g/mol. The summed E-state index contributed by atoms with van der Waals surface area (Å²) in [6.07, 6.45) is 0.870. The summed E-state index contributed by atoms with van der Waals surface area (Å²) >= 11 is 5.01. The molecule has 0 amide bonds. The van der Waals surface area contributed by atoms with Crippen LogP contribution in [0.3, 0.4) is 0 Å². The molecule has 1 unspecified atom stereocenters. The number of aldehydes is 1. The number of thiophene rings is 1. The maximum Gasteiger partial charge on any atom is 0.182 e. The molecule has 1 fully saturated rings. The van der Waals surface area contributed by atoms with E-state index in [1.54, 1.807) is 21.3 Å². The van der Waals surface area contributed by atoms with Gasteiger partial charge in [-0.15, -0.1) is 11.3 Å². The molecule has 0 spiro atoms. The maximum absolute atomic E-state index is 12.4. The number of carbonyl (C=O) groups is 1. The van der Waals surface area contributed by atoms with Crippen LogP contribution in [0.15, 0.2) is 53.0 Å². The van der Waals surface area contributed by atoms with E-state index >= 15 is 0 Å². The summed E-state index contributed by atoms with van der Waals surface area (Å²) in [6, 6.07) is 15.8. The Balaban J connectivity index is 1.69. The zero-order chi connectivity index (χ0) is 23.4. The molecule has 33 heavy (non-hydrogen) atoms. The molecular formula is C25H26BrNO5S. The van der Waals surface area contributed by atoms with Crippen molar-refractivity contribution in [2.45, 2.75) is 5.60 Å². The highest BCUT2D eigenvalue weighted by molar-refractivity contribution is 9.10. The number of hydrogen-bond donors (Lipinski definition) is 0. The van der Waals surface area contributed by atoms with Gasteiger partial charge in [-0.3, -0.25) is 4.79 Å². The van der Waals surface area contributed by atoms with E-state index in [1.807, 2.05) is 48.5 Å². The first-order chi connectivity index (χ1) is 16.1. The lowest BCUT2D eigenvalue weighted by atomic mass is 9.93. The minimum absolute atomic E-state index is 0.673. The number of hydrogen-bond acceptors (Lipinski definition) is 7. The van der Waals surface area contributed by atoms with Crippen molar-refractivity contribution in [2.75, 3.05) is 52.5 Å². The van der Waals surface area contributed by atoms with E-state index in [1.165, 1.54) is 11.3 Å². The molecule has 2 aromatic carbocycles. The van der Waals surface area contributed by atoms with E-state index in [9.17, 15) is 4.79 Å². The first-order valence-electron chi connectivity index (χ1n) is 10.5. The Bertz CT molecular complexity index is 1090. The molecule has 8 heteroatoms. The summed E-state index contributed by atoms with van der Waals surface area (Å²) in [7, 11) is 4.80. The third-order valence-electron chi connectivity index (χ3n) is 5.86. The molecule has 1 saturated heterocycles. The molecule has 4 rings (SSSR count). The van der Waals surface area contributed by atoms with Crippen molar-refractivity contribution in [1.29, 1.82) is 0 Å². The van der Waals surface area contributed by atoms with Crippen LogP contribution in [0.5, 0.6) is 11.5 Å². The Morgan fingerprint density at radius 2 is 1.64 bits per heavy atom. The van der Waals surface area contributed by atoms with Gasteiger partial charge in [0.15, 0.2) is 11.9 Å². The number of ether oxygens (including phenoxy) is 4. The molecule has 174 valence electrons. The molecule has 0 saturated carbocycles. The summed E-state index contributed by atoms with van der Waals surface area (Å²) in [5.74, 6) is 1.35. The molecule has 1 aliphatic heterocycles. The lowest BCUT2D eigenvalue weighted by Crippen LogP contribution is -2.36. The molecule has 3 aromatic rings. The van der Waals surface area contributed by atoms with Crippen LogP contribution in [-0.2, 0) is 19.9 Å². The van der Waals surface area contributed by atoms with E-state index in [4.69, 9.17) is 18.9 Å². The van der Waals surface area contributed by atoms with Crippen molar-refractivity contribution in [3.63, 3.8) is 0 Å². The van der Waals surface area contributed by atoms with Gasteiger partial charge in [0.25, 0.3) is 0 Å². The Morgan fingerprint density at radius 1 is 1.00 bits per heavy atom. The van der Waals surface area contributed by atoms with E-state index < -0.39 is 5.60 Å². The van der Waals surface area contributed by atoms with Gasteiger partial charge in [-0.25, -0.2) is 0 Å². The quantitative estimate of drug-likeness (QED) is 0.376. The molecule has 0 bridgehead atoms. The minimum Gasteiger partial charge on any atom is -0.495 e. The third-order valence-corrected chi connectivity index (χ3v) is 7.90. The third kappa shape index (κ3) is 4.53. The van der Waals surface area contributed by atoms with Crippen LogP contribution in [0.4, 0.5) is 5.69 Å². The van der Waals surface area contributed by atoms with Crippen LogP contribution in [-0.4, -0.2) is 53.9 Å². The number of methoxy groups -OCH3 is 3. The first kappa shape index (κ1) is 23.8. The van der Waals surface area contributed by atoms with Crippen LogP contribution in [0.1, 0.15) is 10.4 Å². The summed E-state index contributed by atoms with van der Waals surface area (Å²) in [4.78, 5) is 16.5. The van der Waals surface area contributed by atoms with Gasteiger partial charge >= 0.3 is 0 Å². The Labute approximate surface area is 206 Å². The summed E-state index contributed by atoms with van der Waals surface area (Å²) in [6.45, 7) is 3.16. The van der Waals surface area contributed by atoms with E-state index in [-0.39, 0.29) is 0 Å². The van der Waals surface area contributed by atoms with Crippen molar-refractivity contribution in [3.8, 4) is 21.9 Å². The lowest BCUT2D eigenvalue weighted by molar-refractivity contribution is -0.123. The van der Waals surface area contributed by atoms with Crippen LogP contribution in [0.2, 0.25) is 0 Å². The molecule has 1 atom stereocenters. The van der Waals surface area contributed by atoms with Crippen LogP contribution >= 0.6 is 27.3 Å². The smallest absolute Gasteiger partial charge is 0.182 e. The van der Waals surface area contributed by atoms with Gasteiger partial charge < -0.3 is 23.8 Å². The van der Waals surface area contributed by atoms with Gasteiger partial charge in [-0.2, -0.15) is 0 Å². The Hall–Kier alpha value is -2.39. The van der Waals surface area contributed by atoms with Crippen molar-refractivity contribution in [2.24, 2.45) is 0 Å². The maximum atomic E-state index is 12.4. The van der Waals surface area contributed by atoms with Crippen molar-refractivity contribution in [1.82, 2.24) is 0 Å². The van der Waals surface area contributed by atoms with Crippen molar-refractivity contribution < 1.29 is 23.7 Å². The first-order valence-corrected chi connectivity index (χ1v) is 12.1. The number of rotatable bonds is 8. The predicted octanol–water partition coefficient (Wildman–Crippen LogP) is 5.12. The number of benzene rings is 2. The lowest BCUT2D eigenvalue weighted by Gasteiger charge is -2.30. The molecule has 0 aliphatic carbocycles. The van der Waals surface area contributed by atoms with Crippen LogP contribution in [0.25, 0.3) is 10.4 Å². The van der Waals surface area contributed by atoms with Gasteiger partial charge in [0.2, 0.25) is 0 Å². The highest BCUT2D eigenvalue weighted by Crippen LogP contribution is 2.43. The molecular weight excluding hydrogens is 506 g/mol. The SMILES string of the molecule is COc1cc(-c2ccc(C(C=O)(OC)c3ccc(N4CCOCC4)cc3)s2)cc(OC)c1Br. The molecule has 2 heterocycles. The van der Waals surface area contributed by atoms with Gasteiger partial charge in [-0.05, 0) is 63.5 Å². The molecule has 0 N–H and O–H groups in total. The molecule has 6 nitrogen and oxygen atoms in total. The topological polar surface area (TPSA) is 57.2 Å². The molecule has 1 aromatic heterocycles. The molecule has 1 aliphatic rings. The normalized spacial score (nSPS) is 15.7. The fourth-order valence-corrected chi connectivity index (χ4v) is 5.68. The van der Waals surface area contributed by atoms with Crippen LogP contribution < -0.4 is 14.4 Å². The fourth-order valence-electron chi connectivity index (χ4n) is 3.98. The zero-order valence-corrected chi connectivity index (χ0v) is 21.2. The standard InChI is InChI=1S/C25H26BrNO5S/c1-29-20-14-17(15-21(30-2)24(20)26)22-8-9-23(33-22)25(16-28,31-3)18-4-6-19(7-5-18)27-10-12-32-13-11-27/h4-9,14-16H,10-13H2,1-3H3. The van der Waals surface area contributed by atoms with E-state index in [2.05, 4.69) is 20.8 Å². The summed E-state index contributed by atoms with van der Waals surface area (Å²) < 4.78 is 23.0. The van der Waals surface area contributed by atoms with Gasteiger partial charge in [-0.1, -0.05) is 12.1 Å². The second-order valence-corrected chi connectivity index (χ2v) is 9.44. The average Bonchev–Trinajstić information content (AvgIpc) is 3.37. The zero-order valence-electron chi connectivity index (χ0n) is 18.8. The largest absolute Gasteiger partial charge is 0.495 e. The van der Waals surface area contributed by atoms with Crippen molar-refractivity contribution >= 4 is 39.2 Å².